The molecule has 0 radical (unpaired) electrons. The molecule has 2 aliphatic heterocycles. The topological polar surface area (TPSA) is 98.7 Å². The Labute approximate surface area is 197 Å². The van der Waals surface area contributed by atoms with Crippen LogP contribution in [0.1, 0.15) is 31.9 Å². The van der Waals surface area contributed by atoms with Gasteiger partial charge < -0.3 is 29.2 Å². The number of para-hydroxylation sites is 1. The molecule has 178 valence electrons. The summed E-state index contributed by atoms with van der Waals surface area (Å²) >= 11 is 1.41. The molecule has 0 bridgehead atoms. The third-order valence-corrected chi connectivity index (χ3v) is 6.07. The molecule has 1 amide bonds. The van der Waals surface area contributed by atoms with Gasteiger partial charge in [-0.25, -0.2) is 9.79 Å². The highest BCUT2D eigenvalue weighted by Gasteiger charge is 2.42. The van der Waals surface area contributed by atoms with E-state index in [9.17, 15) is 9.59 Å². The molecular formula is C23H29N3O6S. The predicted octanol–water partition coefficient (Wildman–Crippen LogP) is 2.99. The van der Waals surface area contributed by atoms with E-state index >= 15 is 0 Å². The number of rotatable bonds is 10. The number of allylic oxidation sites excluding steroid dienone is 1. The lowest BCUT2D eigenvalue weighted by Gasteiger charge is -2.37. The molecule has 1 aromatic carbocycles. The largest absolute Gasteiger partial charge is 0.493 e. The summed E-state index contributed by atoms with van der Waals surface area (Å²) in [5, 5.41) is 5.39. The summed E-state index contributed by atoms with van der Waals surface area (Å²) < 4.78 is 21.7. The van der Waals surface area contributed by atoms with Gasteiger partial charge >= 0.3 is 5.97 Å². The first-order chi connectivity index (χ1) is 16.0. The Kier molecular flexibility index (Phi) is 8.40. The van der Waals surface area contributed by atoms with E-state index in [0.717, 1.165) is 5.70 Å². The summed E-state index contributed by atoms with van der Waals surface area (Å²) in [4.78, 5) is 32.2. The summed E-state index contributed by atoms with van der Waals surface area (Å²) in [5.41, 5.74) is 2.34. The van der Waals surface area contributed by atoms with E-state index in [2.05, 4.69) is 10.3 Å². The number of amides is 1. The van der Waals surface area contributed by atoms with Crippen LogP contribution in [0.25, 0.3) is 0 Å². The minimum atomic E-state index is -0.617. The molecule has 1 N–H and O–H groups in total. The van der Waals surface area contributed by atoms with Gasteiger partial charge in [0.1, 0.15) is 6.61 Å². The Balaban J connectivity index is 2.11. The molecule has 33 heavy (non-hydrogen) atoms. The Bertz CT molecular complexity index is 1000. The van der Waals surface area contributed by atoms with Crippen molar-refractivity contribution in [1.29, 1.82) is 0 Å². The van der Waals surface area contributed by atoms with Crippen molar-refractivity contribution in [3.05, 3.63) is 46.1 Å². The van der Waals surface area contributed by atoms with Crippen molar-refractivity contribution in [3.63, 3.8) is 0 Å². The third kappa shape index (κ3) is 5.17. The molecule has 10 heteroatoms. The quantitative estimate of drug-likeness (QED) is 0.407. The van der Waals surface area contributed by atoms with Crippen LogP contribution in [0.5, 0.6) is 11.5 Å². The number of hydrogen-bond acceptors (Lipinski definition) is 9. The van der Waals surface area contributed by atoms with Gasteiger partial charge in [0.15, 0.2) is 16.7 Å². The minimum Gasteiger partial charge on any atom is -0.493 e. The zero-order valence-corrected chi connectivity index (χ0v) is 20.3. The number of ether oxygens (including phenoxy) is 4. The number of benzene rings is 1. The van der Waals surface area contributed by atoms with Crippen molar-refractivity contribution in [2.24, 2.45) is 4.99 Å². The van der Waals surface area contributed by atoms with Crippen LogP contribution in [-0.4, -0.2) is 63.0 Å². The molecule has 0 aromatic heterocycles. The van der Waals surface area contributed by atoms with Crippen molar-refractivity contribution in [2.45, 2.75) is 26.3 Å². The molecule has 0 aliphatic carbocycles. The number of amidine groups is 1. The lowest BCUT2D eigenvalue weighted by molar-refractivity contribution is -0.141. The Hall–Kier alpha value is -2.98. The molecule has 1 atom stereocenters. The van der Waals surface area contributed by atoms with Crippen molar-refractivity contribution < 1.29 is 28.5 Å². The highest BCUT2D eigenvalue weighted by atomic mass is 32.2. The van der Waals surface area contributed by atoms with Gasteiger partial charge in [-0.3, -0.25) is 4.79 Å². The zero-order valence-electron chi connectivity index (χ0n) is 19.5. The van der Waals surface area contributed by atoms with Crippen LogP contribution in [0, 0.1) is 0 Å². The molecule has 0 saturated heterocycles. The lowest BCUT2D eigenvalue weighted by Crippen LogP contribution is -2.38. The van der Waals surface area contributed by atoms with E-state index in [1.807, 2.05) is 29.4 Å². The van der Waals surface area contributed by atoms with Gasteiger partial charge in [0.2, 0.25) is 5.91 Å². The van der Waals surface area contributed by atoms with E-state index in [1.54, 1.807) is 34.3 Å². The number of aliphatic imine (C=N–C) groups is 1. The molecule has 3 rings (SSSR count). The average molecular weight is 476 g/mol. The van der Waals surface area contributed by atoms with Crippen LogP contribution in [0.4, 0.5) is 0 Å². The van der Waals surface area contributed by atoms with Crippen molar-refractivity contribution in [3.8, 4) is 11.5 Å². The Morgan fingerprint density at radius 2 is 1.97 bits per heavy atom. The molecule has 2 aliphatic rings. The SMILES string of the molecule is CCNC(=O)CC1=CSC2=NC(C)=C(C(=O)OCCOC)C(c3cccc(OC)c3OC)N12. The smallest absolute Gasteiger partial charge is 0.338 e. The molecule has 0 saturated carbocycles. The first-order valence-electron chi connectivity index (χ1n) is 10.5. The van der Waals surface area contributed by atoms with Crippen LogP contribution in [-0.2, 0) is 19.1 Å². The fourth-order valence-electron chi connectivity index (χ4n) is 3.77. The second kappa shape index (κ2) is 11.2. The molecule has 0 fully saturated rings. The number of carbonyl (C=O) groups excluding carboxylic acids is 2. The maximum absolute atomic E-state index is 13.2. The first kappa shape index (κ1) is 24.7. The number of methoxy groups -OCH3 is 3. The summed E-state index contributed by atoms with van der Waals surface area (Å²) in [6.45, 7) is 4.57. The number of nitrogens with zero attached hydrogens (tertiary/aromatic N) is 2. The van der Waals surface area contributed by atoms with E-state index < -0.39 is 12.0 Å². The monoisotopic (exact) mass is 475 g/mol. The first-order valence-corrected chi connectivity index (χ1v) is 11.4. The summed E-state index contributed by atoms with van der Waals surface area (Å²) in [6.07, 6.45) is 0.147. The normalized spacial score (nSPS) is 17.2. The van der Waals surface area contributed by atoms with Gasteiger partial charge in [0, 0.05) is 24.9 Å². The van der Waals surface area contributed by atoms with E-state index in [-0.39, 0.29) is 25.5 Å². The molecular weight excluding hydrogens is 446 g/mol. The number of hydrogen-bond donors (Lipinski definition) is 1. The number of carbonyl (C=O) groups is 2. The molecule has 9 nitrogen and oxygen atoms in total. The standard InChI is InChI=1S/C23H29N3O6S/c1-6-24-18(27)12-15-13-33-23-25-14(2)19(22(28)32-11-10-29-3)20(26(15)23)16-8-7-9-17(30-4)21(16)31-5/h7-9,13,20H,6,10-12H2,1-5H3,(H,24,27). The predicted molar refractivity (Wildman–Crippen MR) is 126 cm³/mol. The van der Waals surface area contributed by atoms with E-state index in [0.29, 0.717) is 40.0 Å². The Morgan fingerprint density at radius 3 is 2.64 bits per heavy atom. The van der Waals surface area contributed by atoms with Crippen molar-refractivity contribution in [1.82, 2.24) is 10.2 Å². The van der Waals surface area contributed by atoms with Crippen LogP contribution in [0.3, 0.4) is 0 Å². The molecule has 0 spiro atoms. The lowest BCUT2D eigenvalue weighted by atomic mass is 9.92. The Morgan fingerprint density at radius 1 is 1.18 bits per heavy atom. The number of esters is 1. The van der Waals surface area contributed by atoms with E-state index in [4.69, 9.17) is 18.9 Å². The van der Waals surface area contributed by atoms with Crippen molar-refractivity contribution in [2.75, 3.05) is 41.1 Å². The fourth-order valence-corrected chi connectivity index (χ4v) is 4.74. The maximum atomic E-state index is 13.2. The zero-order chi connectivity index (χ0) is 24.0. The summed E-state index contributed by atoms with van der Waals surface area (Å²) in [6, 6.07) is 4.88. The van der Waals surface area contributed by atoms with Gasteiger partial charge in [-0.1, -0.05) is 23.9 Å². The van der Waals surface area contributed by atoms with Crippen LogP contribution in [0.15, 0.2) is 45.6 Å². The molecule has 1 unspecified atom stereocenters. The number of thioether (sulfide) groups is 1. The van der Waals surface area contributed by atoms with E-state index in [1.165, 1.54) is 11.8 Å². The fraction of sp³-hybridized carbons (Fsp3) is 0.435. The molecule has 2 heterocycles. The minimum absolute atomic E-state index is 0.112. The number of nitrogens with one attached hydrogen (secondary N) is 1. The summed E-state index contributed by atoms with van der Waals surface area (Å²) in [5.74, 6) is 0.411. The average Bonchev–Trinajstić information content (AvgIpc) is 3.19. The highest BCUT2D eigenvalue weighted by Crippen LogP contribution is 2.48. The van der Waals surface area contributed by atoms with Gasteiger partial charge in [0.05, 0.1) is 44.6 Å². The highest BCUT2D eigenvalue weighted by molar-refractivity contribution is 8.16. The second-order valence-electron chi connectivity index (χ2n) is 7.23. The van der Waals surface area contributed by atoms with Gasteiger partial charge in [-0.15, -0.1) is 0 Å². The van der Waals surface area contributed by atoms with Crippen LogP contribution < -0.4 is 14.8 Å². The van der Waals surface area contributed by atoms with Gasteiger partial charge in [-0.05, 0) is 25.3 Å². The third-order valence-electron chi connectivity index (χ3n) is 5.18. The van der Waals surface area contributed by atoms with Gasteiger partial charge in [-0.2, -0.15) is 0 Å². The molecule has 1 aromatic rings. The second-order valence-corrected chi connectivity index (χ2v) is 8.07. The van der Waals surface area contributed by atoms with Crippen LogP contribution >= 0.6 is 11.8 Å². The van der Waals surface area contributed by atoms with Crippen molar-refractivity contribution >= 4 is 28.8 Å². The number of fused-ring (bicyclic) bond motifs is 1. The summed E-state index contributed by atoms with van der Waals surface area (Å²) in [7, 11) is 4.65. The van der Waals surface area contributed by atoms with Crippen LogP contribution in [0.2, 0.25) is 0 Å². The van der Waals surface area contributed by atoms with Gasteiger partial charge in [0.25, 0.3) is 0 Å². The maximum Gasteiger partial charge on any atom is 0.338 e.